The summed E-state index contributed by atoms with van der Waals surface area (Å²) in [5.41, 5.74) is 2.42. The van der Waals surface area contributed by atoms with Crippen molar-refractivity contribution in [3.05, 3.63) is 66.2 Å². The van der Waals surface area contributed by atoms with Gasteiger partial charge >= 0.3 is 0 Å². The highest BCUT2D eigenvalue weighted by Gasteiger charge is 2.51. The third kappa shape index (κ3) is 2.45. The van der Waals surface area contributed by atoms with Gasteiger partial charge in [-0.3, -0.25) is 4.79 Å². The molecule has 2 fully saturated rings. The summed E-state index contributed by atoms with van der Waals surface area (Å²) in [7, 11) is 0. The second-order valence-electron chi connectivity index (χ2n) is 7.46. The molecule has 0 bridgehead atoms. The third-order valence-corrected chi connectivity index (χ3v) is 6.04. The fourth-order valence-electron chi connectivity index (χ4n) is 4.90. The van der Waals surface area contributed by atoms with E-state index in [4.69, 9.17) is 0 Å². The van der Waals surface area contributed by atoms with E-state index in [2.05, 4.69) is 66.4 Å². The molecule has 0 unspecified atom stereocenters. The van der Waals surface area contributed by atoms with Crippen molar-refractivity contribution in [2.24, 2.45) is 5.92 Å². The molecule has 2 heteroatoms. The summed E-state index contributed by atoms with van der Waals surface area (Å²) in [5, 5.41) is 0. The van der Waals surface area contributed by atoms with Crippen molar-refractivity contribution in [1.29, 1.82) is 0 Å². The van der Waals surface area contributed by atoms with Gasteiger partial charge in [0.1, 0.15) is 5.78 Å². The summed E-state index contributed by atoms with van der Waals surface area (Å²) in [6.07, 6.45) is 5.16. The number of benzene rings is 2. The Morgan fingerprint density at radius 3 is 2.33 bits per heavy atom. The Morgan fingerprint density at radius 1 is 0.958 bits per heavy atom. The number of fused-ring (bicyclic) bond motifs is 1. The average Bonchev–Trinajstić information content (AvgIpc) is 2.62. The highest BCUT2D eigenvalue weighted by atomic mass is 16.1. The molecule has 1 saturated heterocycles. The lowest BCUT2D eigenvalue weighted by atomic mass is 9.65. The van der Waals surface area contributed by atoms with Gasteiger partial charge < -0.3 is 4.90 Å². The van der Waals surface area contributed by atoms with Crippen LogP contribution in [0.15, 0.2) is 60.7 Å². The first kappa shape index (κ1) is 15.4. The topological polar surface area (TPSA) is 20.3 Å². The molecule has 2 aromatic rings. The number of para-hydroxylation sites is 1. The van der Waals surface area contributed by atoms with Crippen molar-refractivity contribution in [2.45, 2.75) is 50.6 Å². The summed E-state index contributed by atoms with van der Waals surface area (Å²) in [6, 6.07) is 21.4. The van der Waals surface area contributed by atoms with Gasteiger partial charge in [-0.15, -0.1) is 0 Å². The Hall–Kier alpha value is -2.09. The molecule has 0 N–H and O–H groups in total. The molecular weight excluding hydrogens is 294 g/mol. The largest absolute Gasteiger partial charge is 0.358 e. The molecule has 0 amide bonds. The molecule has 1 heterocycles. The smallest absolute Gasteiger partial charge is 0.140 e. The van der Waals surface area contributed by atoms with Crippen LogP contribution in [0.5, 0.6) is 0 Å². The van der Waals surface area contributed by atoms with Crippen LogP contribution in [0.25, 0.3) is 0 Å². The van der Waals surface area contributed by atoms with Gasteiger partial charge in [0.25, 0.3) is 0 Å². The molecule has 2 nitrogen and oxygen atoms in total. The first-order chi connectivity index (χ1) is 11.7. The Bertz CT molecular complexity index is 711. The number of carbonyl (C=O) groups excluding carboxylic acids is 1. The molecule has 1 aliphatic carbocycles. The maximum absolute atomic E-state index is 13.0. The summed E-state index contributed by atoms with van der Waals surface area (Å²) in [4.78, 5) is 15.5. The predicted molar refractivity (Wildman–Crippen MR) is 98.1 cm³/mol. The van der Waals surface area contributed by atoms with E-state index in [0.29, 0.717) is 12.2 Å². The van der Waals surface area contributed by atoms with Gasteiger partial charge in [-0.1, -0.05) is 61.4 Å². The maximum atomic E-state index is 13.0. The standard InChI is InChI=1S/C22H25NO/c1-22-15-9-8-14-19(22)21(24)16-20(17-10-4-2-5-11-17)23(22)18-12-6-3-7-13-18/h2-7,10-13,19-20H,8-9,14-16H2,1H3/t19-,20-,22-/m0/s1. The number of carbonyl (C=O) groups is 1. The van der Waals surface area contributed by atoms with Gasteiger partial charge in [0.05, 0.1) is 6.04 Å². The van der Waals surface area contributed by atoms with Crippen molar-refractivity contribution in [2.75, 3.05) is 4.90 Å². The maximum Gasteiger partial charge on any atom is 0.140 e. The van der Waals surface area contributed by atoms with Gasteiger partial charge in [-0.25, -0.2) is 0 Å². The molecular formula is C22H25NO. The number of rotatable bonds is 2. The zero-order valence-electron chi connectivity index (χ0n) is 14.3. The summed E-state index contributed by atoms with van der Waals surface area (Å²) >= 11 is 0. The number of piperidine rings is 1. The molecule has 124 valence electrons. The lowest BCUT2D eigenvalue weighted by Crippen LogP contribution is -2.61. The predicted octanol–water partition coefficient (Wildman–Crippen LogP) is 5.16. The van der Waals surface area contributed by atoms with Crippen LogP contribution in [0.3, 0.4) is 0 Å². The normalized spacial score (nSPS) is 30.0. The molecule has 3 atom stereocenters. The van der Waals surface area contributed by atoms with Gasteiger partial charge in [0.15, 0.2) is 0 Å². The lowest BCUT2D eigenvalue weighted by molar-refractivity contribution is -0.129. The van der Waals surface area contributed by atoms with Crippen molar-refractivity contribution in [3.63, 3.8) is 0 Å². The molecule has 1 aliphatic heterocycles. The van der Waals surface area contributed by atoms with E-state index in [9.17, 15) is 4.79 Å². The monoisotopic (exact) mass is 319 g/mol. The lowest BCUT2D eigenvalue weighted by Gasteiger charge is -2.56. The van der Waals surface area contributed by atoms with E-state index in [1.165, 1.54) is 24.1 Å². The molecule has 0 spiro atoms. The van der Waals surface area contributed by atoms with Crippen LogP contribution >= 0.6 is 0 Å². The summed E-state index contributed by atoms with van der Waals surface area (Å²) < 4.78 is 0. The number of hydrogen-bond donors (Lipinski definition) is 0. The first-order valence-electron chi connectivity index (χ1n) is 9.12. The van der Waals surface area contributed by atoms with Crippen LogP contribution < -0.4 is 4.90 Å². The van der Waals surface area contributed by atoms with E-state index < -0.39 is 0 Å². The van der Waals surface area contributed by atoms with Gasteiger partial charge in [0, 0.05) is 23.6 Å². The SMILES string of the molecule is C[C@]12CCCC[C@H]1C(=O)C[C@@H](c1ccccc1)N2c1ccccc1. The van der Waals surface area contributed by atoms with Gasteiger partial charge in [-0.2, -0.15) is 0 Å². The minimum absolute atomic E-state index is 0.0740. The Labute approximate surface area is 144 Å². The number of ketones is 1. The summed E-state index contributed by atoms with van der Waals surface area (Å²) in [5.74, 6) is 0.629. The quantitative estimate of drug-likeness (QED) is 0.762. The number of anilines is 1. The van der Waals surface area contributed by atoms with E-state index in [1.807, 2.05) is 6.07 Å². The second-order valence-corrected chi connectivity index (χ2v) is 7.46. The number of nitrogens with zero attached hydrogens (tertiary/aromatic N) is 1. The third-order valence-electron chi connectivity index (χ3n) is 6.04. The van der Waals surface area contributed by atoms with Crippen LogP contribution in [-0.2, 0) is 4.79 Å². The van der Waals surface area contributed by atoms with Crippen LogP contribution in [-0.4, -0.2) is 11.3 Å². The number of hydrogen-bond acceptors (Lipinski definition) is 2. The highest BCUT2D eigenvalue weighted by molar-refractivity contribution is 5.86. The van der Waals surface area contributed by atoms with E-state index in [-0.39, 0.29) is 17.5 Å². The van der Waals surface area contributed by atoms with E-state index >= 15 is 0 Å². The Kier molecular flexibility index (Phi) is 3.91. The zero-order valence-corrected chi connectivity index (χ0v) is 14.3. The van der Waals surface area contributed by atoms with Crippen LogP contribution in [0, 0.1) is 5.92 Å². The molecule has 2 aromatic carbocycles. The number of Topliss-reactive ketones (excluding diaryl/α,β-unsaturated/α-hetero) is 1. The Balaban J connectivity index is 1.84. The summed E-state index contributed by atoms with van der Waals surface area (Å²) in [6.45, 7) is 2.32. The minimum atomic E-state index is -0.0740. The zero-order chi connectivity index (χ0) is 16.6. The second kappa shape index (κ2) is 6.08. The molecule has 24 heavy (non-hydrogen) atoms. The van der Waals surface area contributed by atoms with Gasteiger partial charge in [-0.05, 0) is 37.5 Å². The van der Waals surface area contributed by atoms with E-state index in [0.717, 1.165) is 12.8 Å². The molecule has 1 saturated carbocycles. The van der Waals surface area contributed by atoms with Crippen molar-refractivity contribution in [1.82, 2.24) is 0 Å². The van der Waals surface area contributed by atoms with Gasteiger partial charge in [0.2, 0.25) is 0 Å². The molecule has 0 aromatic heterocycles. The average molecular weight is 319 g/mol. The van der Waals surface area contributed by atoms with E-state index in [1.54, 1.807) is 0 Å². The molecule has 0 radical (unpaired) electrons. The van der Waals surface area contributed by atoms with Crippen LogP contribution in [0.1, 0.15) is 50.6 Å². The van der Waals surface area contributed by atoms with Crippen LogP contribution in [0.4, 0.5) is 5.69 Å². The highest BCUT2D eigenvalue weighted by Crippen LogP contribution is 2.50. The van der Waals surface area contributed by atoms with Crippen LogP contribution in [0.2, 0.25) is 0 Å². The van der Waals surface area contributed by atoms with Crippen molar-refractivity contribution < 1.29 is 4.79 Å². The van der Waals surface area contributed by atoms with Crippen molar-refractivity contribution >= 4 is 11.5 Å². The van der Waals surface area contributed by atoms with Crippen molar-refractivity contribution in [3.8, 4) is 0 Å². The fourth-order valence-corrected chi connectivity index (χ4v) is 4.90. The Morgan fingerprint density at radius 2 is 1.62 bits per heavy atom. The molecule has 2 aliphatic rings. The minimum Gasteiger partial charge on any atom is -0.358 e. The fraction of sp³-hybridized carbons (Fsp3) is 0.409. The molecule has 4 rings (SSSR count). The first-order valence-corrected chi connectivity index (χ1v) is 9.12.